The lowest BCUT2D eigenvalue weighted by Gasteiger charge is -2.39. The normalized spacial score (nSPS) is 21.6. The van der Waals surface area contributed by atoms with E-state index in [2.05, 4.69) is 20.5 Å². The molecular weight excluding hydrogens is 452 g/mol. The van der Waals surface area contributed by atoms with E-state index in [0.717, 1.165) is 37.3 Å². The van der Waals surface area contributed by atoms with Crippen molar-refractivity contribution in [3.63, 3.8) is 0 Å². The molecule has 0 saturated carbocycles. The standard InChI is InChI=1S/C26H25ClN4O3/c1-26(17-4-6-19(32)7-5-17)24(33)22-20(13-18(27)14-21(22)30-25(26)34)23(16-3-2-8-29-15-16)31-11-9-28-10-12-31/h2-8,13-15,23,28,32H,9-12H2,1H3,(H,30,34). The van der Waals surface area contributed by atoms with E-state index in [1.165, 1.54) is 12.1 Å². The number of fused-ring (bicyclic) bond motifs is 1. The molecule has 5 rings (SSSR count). The molecule has 7 nitrogen and oxygen atoms in total. The molecule has 1 amide bonds. The van der Waals surface area contributed by atoms with Crippen molar-refractivity contribution in [2.24, 2.45) is 0 Å². The van der Waals surface area contributed by atoms with Gasteiger partial charge >= 0.3 is 0 Å². The number of benzene rings is 2. The van der Waals surface area contributed by atoms with Crippen LogP contribution in [0.25, 0.3) is 0 Å². The third-order valence-electron chi connectivity index (χ3n) is 6.77. The molecule has 2 atom stereocenters. The number of ketones is 1. The van der Waals surface area contributed by atoms with Gasteiger partial charge in [0.25, 0.3) is 0 Å². The zero-order valence-electron chi connectivity index (χ0n) is 18.7. The first-order valence-corrected chi connectivity index (χ1v) is 11.6. The van der Waals surface area contributed by atoms with E-state index in [1.807, 2.05) is 24.4 Å². The lowest BCUT2D eigenvalue weighted by atomic mass is 9.71. The van der Waals surface area contributed by atoms with E-state index in [9.17, 15) is 14.7 Å². The highest BCUT2D eigenvalue weighted by Gasteiger charge is 2.49. The van der Waals surface area contributed by atoms with Crippen molar-refractivity contribution in [3.8, 4) is 5.75 Å². The maximum Gasteiger partial charge on any atom is 0.242 e. The zero-order valence-corrected chi connectivity index (χ0v) is 19.5. The minimum atomic E-state index is -1.45. The molecule has 0 radical (unpaired) electrons. The van der Waals surface area contributed by atoms with Crippen LogP contribution >= 0.6 is 11.6 Å². The van der Waals surface area contributed by atoms with Crippen molar-refractivity contribution in [1.82, 2.24) is 15.2 Å². The lowest BCUT2D eigenvalue weighted by Crippen LogP contribution is -2.50. The number of hydrogen-bond donors (Lipinski definition) is 3. The van der Waals surface area contributed by atoms with Crippen molar-refractivity contribution in [3.05, 3.63) is 88.2 Å². The number of phenols is 1. The van der Waals surface area contributed by atoms with E-state index < -0.39 is 11.3 Å². The Morgan fingerprint density at radius 1 is 1.12 bits per heavy atom. The SMILES string of the molecule is CC1(c2ccc(O)cc2)C(=O)Nc2cc(Cl)cc(C(c3cccnc3)N3CCNCC3)c2C1=O. The number of hydrogen-bond acceptors (Lipinski definition) is 6. The largest absolute Gasteiger partial charge is 0.508 e. The minimum absolute atomic E-state index is 0.0687. The number of rotatable bonds is 4. The summed E-state index contributed by atoms with van der Waals surface area (Å²) in [6.07, 6.45) is 3.53. The molecule has 1 aromatic heterocycles. The summed E-state index contributed by atoms with van der Waals surface area (Å²) >= 11 is 6.52. The fourth-order valence-corrected chi connectivity index (χ4v) is 5.14. The van der Waals surface area contributed by atoms with E-state index in [-0.39, 0.29) is 17.6 Å². The van der Waals surface area contributed by atoms with Gasteiger partial charge in [-0.2, -0.15) is 0 Å². The Morgan fingerprint density at radius 2 is 1.85 bits per heavy atom. The predicted octanol–water partition coefficient (Wildman–Crippen LogP) is 3.53. The summed E-state index contributed by atoms with van der Waals surface area (Å²) in [6, 6.07) is 13.3. The van der Waals surface area contributed by atoms with Crippen LogP contribution in [0.5, 0.6) is 5.75 Å². The van der Waals surface area contributed by atoms with Crippen molar-refractivity contribution in [2.75, 3.05) is 31.5 Å². The van der Waals surface area contributed by atoms with Crippen LogP contribution in [0.1, 0.15) is 40.0 Å². The second kappa shape index (κ2) is 8.83. The molecule has 1 saturated heterocycles. The summed E-state index contributed by atoms with van der Waals surface area (Å²) in [4.78, 5) is 34.1. The summed E-state index contributed by atoms with van der Waals surface area (Å²) in [5.74, 6) is -0.657. The maximum absolute atomic E-state index is 14.2. The molecule has 2 aliphatic rings. The molecule has 34 heavy (non-hydrogen) atoms. The molecule has 0 spiro atoms. The van der Waals surface area contributed by atoms with Crippen molar-refractivity contribution in [1.29, 1.82) is 0 Å². The molecule has 0 bridgehead atoms. The molecule has 2 unspecified atom stereocenters. The molecule has 1 fully saturated rings. The number of carbonyl (C=O) groups excluding carboxylic acids is 2. The Hall–Kier alpha value is -3.26. The topological polar surface area (TPSA) is 94.6 Å². The number of nitrogens with zero attached hydrogens (tertiary/aromatic N) is 2. The summed E-state index contributed by atoms with van der Waals surface area (Å²) in [5.41, 5.74) is 1.62. The zero-order chi connectivity index (χ0) is 23.9. The van der Waals surface area contributed by atoms with Crippen LogP contribution in [-0.2, 0) is 10.2 Å². The second-order valence-electron chi connectivity index (χ2n) is 8.85. The number of amides is 1. The highest BCUT2D eigenvalue weighted by molar-refractivity contribution is 6.33. The van der Waals surface area contributed by atoms with Gasteiger partial charge in [0.05, 0.1) is 11.7 Å². The fourth-order valence-electron chi connectivity index (χ4n) is 4.92. The number of piperazine rings is 1. The highest BCUT2D eigenvalue weighted by Crippen LogP contribution is 2.43. The first-order valence-electron chi connectivity index (χ1n) is 11.2. The van der Waals surface area contributed by atoms with Crippen LogP contribution in [0, 0.1) is 0 Å². The molecule has 2 aliphatic heterocycles. The van der Waals surface area contributed by atoms with Crippen molar-refractivity contribution < 1.29 is 14.7 Å². The number of halogens is 1. The molecule has 0 aliphatic carbocycles. The number of Topliss-reactive ketones (excluding diaryl/α,β-unsaturated/α-hetero) is 1. The van der Waals surface area contributed by atoms with Gasteiger partial charge in [0.2, 0.25) is 5.91 Å². The molecule has 3 N–H and O–H groups in total. The number of pyridine rings is 1. The van der Waals surface area contributed by atoms with Gasteiger partial charge in [-0.3, -0.25) is 19.5 Å². The second-order valence-corrected chi connectivity index (χ2v) is 9.28. The summed E-state index contributed by atoms with van der Waals surface area (Å²) in [5, 5.41) is 16.5. The Bertz CT molecular complexity index is 1240. The van der Waals surface area contributed by atoms with Gasteiger partial charge in [0.15, 0.2) is 5.78 Å². The lowest BCUT2D eigenvalue weighted by molar-refractivity contribution is -0.119. The minimum Gasteiger partial charge on any atom is -0.508 e. The van der Waals surface area contributed by atoms with E-state index in [4.69, 9.17) is 11.6 Å². The number of aromatic hydroxyl groups is 1. The van der Waals surface area contributed by atoms with Crippen LogP contribution in [0.2, 0.25) is 5.02 Å². The summed E-state index contributed by atoms with van der Waals surface area (Å²) < 4.78 is 0. The maximum atomic E-state index is 14.2. The van der Waals surface area contributed by atoms with E-state index in [1.54, 1.807) is 31.3 Å². The van der Waals surface area contributed by atoms with Crippen LogP contribution in [0.4, 0.5) is 5.69 Å². The third kappa shape index (κ3) is 3.76. The van der Waals surface area contributed by atoms with Gasteiger partial charge < -0.3 is 15.7 Å². The molecule has 8 heteroatoms. The number of phenolic OH excluding ortho intramolecular Hbond substituents is 1. The fraction of sp³-hybridized carbons (Fsp3) is 0.269. The average molecular weight is 477 g/mol. The first-order chi connectivity index (χ1) is 16.4. The average Bonchev–Trinajstić information content (AvgIpc) is 2.84. The number of nitrogens with one attached hydrogen (secondary N) is 2. The van der Waals surface area contributed by atoms with Gasteiger partial charge in [-0.25, -0.2) is 0 Å². The highest BCUT2D eigenvalue weighted by atomic mass is 35.5. The number of anilines is 1. The van der Waals surface area contributed by atoms with Crippen molar-refractivity contribution in [2.45, 2.75) is 18.4 Å². The Balaban J connectivity index is 1.71. The Labute approximate surface area is 202 Å². The Kier molecular flexibility index (Phi) is 5.85. The number of aromatic nitrogens is 1. The third-order valence-corrected chi connectivity index (χ3v) is 6.99. The van der Waals surface area contributed by atoms with Crippen LogP contribution in [-0.4, -0.2) is 52.9 Å². The van der Waals surface area contributed by atoms with Crippen LogP contribution < -0.4 is 10.6 Å². The van der Waals surface area contributed by atoms with Crippen LogP contribution in [0.15, 0.2) is 60.9 Å². The van der Waals surface area contributed by atoms with Gasteiger partial charge in [-0.1, -0.05) is 29.8 Å². The Morgan fingerprint density at radius 3 is 2.53 bits per heavy atom. The number of carbonyl (C=O) groups is 2. The smallest absolute Gasteiger partial charge is 0.242 e. The molecule has 3 aromatic rings. The first kappa shape index (κ1) is 22.5. The predicted molar refractivity (Wildman–Crippen MR) is 130 cm³/mol. The van der Waals surface area contributed by atoms with Gasteiger partial charge in [0.1, 0.15) is 11.2 Å². The van der Waals surface area contributed by atoms with Crippen molar-refractivity contribution >= 4 is 29.0 Å². The monoisotopic (exact) mass is 476 g/mol. The van der Waals surface area contributed by atoms with E-state index in [0.29, 0.717) is 21.8 Å². The van der Waals surface area contributed by atoms with Gasteiger partial charge in [0, 0.05) is 49.2 Å². The van der Waals surface area contributed by atoms with Gasteiger partial charge in [-0.15, -0.1) is 0 Å². The molecule has 174 valence electrons. The molecular formula is C26H25ClN4O3. The molecule has 3 heterocycles. The van der Waals surface area contributed by atoms with Gasteiger partial charge in [-0.05, 0) is 53.9 Å². The summed E-state index contributed by atoms with van der Waals surface area (Å²) in [6.45, 7) is 4.86. The summed E-state index contributed by atoms with van der Waals surface area (Å²) in [7, 11) is 0. The van der Waals surface area contributed by atoms with E-state index >= 15 is 0 Å². The quantitative estimate of drug-likeness (QED) is 0.499. The van der Waals surface area contributed by atoms with Crippen LogP contribution in [0.3, 0.4) is 0 Å². The molecule has 2 aromatic carbocycles.